The minimum atomic E-state index is -3.60. The molecule has 1 aliphatic heterocycles. The van der Waals surface area contributed by atoms with Crippen molar-refractivity contribution < 1.29 is 17.9 Å². The summed E-state index contributed by atoms with van der Waals surface area (Å²) in [7, 11) is -2.07. The highest BCUT2D eigenvalue weighted by molar-refractivity contribution is 7.89. The molecule has 1 saturated heterocycles. The number of benzene rings is 1. The van der Waals surface area contributed by atoms with Crippen LogP contribution in [0.3, 0.4) is 0 Å². The van der Waals surface area contributed by atoms with Gasteiger partial charge in [0.05, 0.1) is 16.4 Å². The third-order valence-electron chi connectivity index (χ3n) is 4.71. The molecule has 0 bridgehead atoms. The molecule has 0 spiro atoms. The Bertz CT molecular complexity index is 908. The van der Waals surface area contributed by atoms with Gasteiger partial charge < -0.3 is 10.1 Å². The Hall–Kier alpha value is -1.90. The zero-order chi connectivity index (χ0) is 19.4. The number of hydrogen-bond donors (Lipinski definition) is 1. The van der Waals surface area contributed by atoms with Crippen LogP contribution in [-0.4, -0.2) is 45.4 Å². The van der Waals surface area contributed by atoms with Crippen LogP contribution in [0.4, 0.5) is 0 Å². The fraction of sp³-hybridized carbons (Fsp3) is 0.421. The number of nitrogens with one attached hydrogen (secondary N) is 1. The Morgan fingerprint density at radius 2 is 2.15 bits per heavy atom. The van der Waals surface area contributed by atoms with E-state index in [9.17, 15) is 13.2 Å². The monoisotopic (exact) mass is 408 g/mol. The van der Waals surface area contributed by atoms with Crippen LogP contribution in [0.2, 0.25) is 0 Å². The summed E-state index contributed by atoms with van der Waals surface area (Å²) in [6, 6.07) is 9.27. The Morgan fingerprint density at radius 1 is 1.37 bits per heavy atom. The highest BCUT2D eigenvalue weighted by Crippen LogP contribution is 2.27. The van der Waals surface area contributed by atoms with Gasteiger partial charge in [-0.05, 0) is 37.5 Å². The van der Waals surface area contributed by atoms with E-state index in [1.54, 1.807) is 0 Å². The number of hydrogen-bond acceptors (Lipinski definition) is 5. The van der Waals surface area contributed by atoms with Crippen molar-refractivity contribution in [1.82, 2.24) is 9.62 Å². The summed E-state index contributed by atoms with van der Waals surface area (Å²) in [5.74, 6) is 0.709. The van der Waals surface area contributed by atoms with Gasteiger partial charge in [0.15, 0.2) is 0 Å². The fourth-order valence-electron chi connectivity index (χ4n) is 3.15. The van der Waals surface area contributed by atoms with Crippen molar-refractivity contribution in [1.29, 1.82) is 0 Å². The maximum atomic E-state index is 12.9. The summed E-state index contributed by atoms with van der Waals surface area (Å²) in [5, 5.41) is 4.05. The first-order valence-corrected chi connectivity index (χ1v) is 11.2. The van der Waals surface area contributed by atoms with Crippen molar-refractivity contribution in [3.63, 3.8) is 0 Å². The van der Waals surface area contributed by atoms with Crippen molar-refractivity contribution in [2.75, 3.05) is 26.7 Å². The average molecular weight is 409 g/mol. The summed E-state index contributed by atoms with van der Waals surface area (Å²) in [6.45, 7) is 3.41. The molecule has 1 amide bonds. The van der Waals surface area contributed by atoms with E-state index in [1.807, 2.05) is 31.2 Å². The van der Waals surface area contributed by atoms with Crippen molar-refractivity contribution in [3.05, 3.63) is 46.2 Å². The number of para-hydroxylation sites is 1. The summed E-state index contributed by atoms with van der Waals surface area (Å²) in [6.07, 6.45) is 1.73. The van der Waals surface area contributed by atoms with Gasteiger partial charge in [-0.25, -0.2) is 8.42 Å². The number of carbonyl (C=O) groups excluding carboxylic acids is 1. The maximum Gasteiger partial charge on any atom is 0.261 e. The number of aryl methyl sites for hydroxylation is 1. The fourth-order valence-corrected chi connectivity index (χ4v) is 5.91. The maximum absolute atomic E-state index is 12.9. The van der Waals surface area contributed by atoms with E-state index in [-0.39, 0.29) is 16.7 Å². The van der Waals surface area contributed by atoms with Crippen LogP contribution >= 0.6 is 11.3 Å². The van der Waals surface area contributed by atoms with Crippen LogP contribution < -0.4 is 10.1 Å². The Morgan fingerprint density at radius 3 is 2.89 bits per heavy atom. The zero-order valence-corrected chi connectivity index (χ0v) is 17.1. The molecule has 6 nitrogen and oxygen atoms in total. The zero-order valence-electron chi connectivity index (χ0n) is 15.5. The lowest BCUT2D eigenvalue weighted by Gasteiger charge is -2.31. The van der Waals surface area contributed by atoms with Gasteiger partial charge in [-0.15, -0.1) is 11.3 Å². The van der Waals surface area contributed by atoms with Gasteiger partial charge in [0.2, 0.25) is 10.0 Å². The highest BCUT2D eigenvalue weighted by Gasteiger charge is 2.31. The summed E-state index contributed by atoms with van der Waals surface area (Å²) >= 11 is 1.14. The minimum Gasteiger partial charge on any atom is -0.493 e. The van der Waals surface area contributed by atoms with Crippen LogP contribution in [0.1, 0.15) is 28.1 Å². The van der Waals surface area contributed by atoms with Crippen LogP contribution in [0.15, 0.2) is 40.6 Å². The Balaban J connectivity index is 1.67. The summed E-state index contributed by atoms with van der Waals surface area (Å²) in [5.41, 5.74) is 1.07. The standard InChI is InChI=1S/C19H24N2O4S2/c1-14-6-3-4-8-17(14)25-12-15-7-5-9-21(11-15)27(23,24)16-10-18(26-13-16)19(22)20-2/h3-4,6,8,10,13,15H,5,7,9,11-12H2,1-2H3,(H,20,22). The van der Waals surface area contributed by atoms with Gasteiger partial charge >= 0.3 is 0 Å². The van der Waals surface area contributed by atoms with Crippen LogP contribution in [-0.2, 0) is 10.0 Å². The molecule has 1 N–H and O–H groups in total. The van der Waals surface area contributed by atoms with Gasteiger partial charge in [-0.3, -0.25) is 4.79 Å². The van der Waals surface area contributed by atoms with Gasteiger partial charge in [0.25, 0.3) is 5.91 Å². The normalized spacial score (nSPS) is 18.2. The first-order chi connectivity index (χ1) is 12.9. The Labute approximate surface area is 164 Å². The molecule has 1 aromatic carbocycles. The first kappa shape index (κ1) is 19.9. The molecule has 8 heteroatoms. The molecule has 0 aliphatic carbocycles. The molecule has 1 unspecified atom stereocenters. The largest absolute Gasteiger partial charge is 0.493 e. The second kappa shape index (κ2) is 8.41. The van der Waals surface area contributed by atoms with Gasteiger partial charge in [-0.1, -0.05) is 18.2 Å². The SMILES string of the molecule is CNC(=O)c1cc(S(=O)(=O)N2CCCC(COc3ccccc3C)C2)cs1. The number of amides is 1. The van der Waals surface area contributed by atoms with E-state index < -0.39 is 10.0 Å². The topological polar surface area (TPSA) is 75.7 Å². The number of thiophene rings is 1. The second-order valence-corrected chi connectivity index (χ2v) is 9.52. The Kier molecular flexibility index (Phi) is 6.18. The lowest BCUT2D eigenvalue weighted by Crippen LogP contribution is -2.41. The van der Waals surface area contributed by atoms with Crippen LogP contribution in [0.25, 0.3) is 0 Å². The average Bonchev–Trinajstić information content (AvgIpc) is 3.18. The molecular formula is C19H24N2O4S2. The van der Waals surface area contributed by atoms with Crippen LogP contribution in [0.5, 0.6) is 5.75 Å². The predicted molar refractivity (Wildman–Crippen MR) is 106 cm³/mol. The van der Waals surface area contributed by atoms with Crippen molar-refractivity contribution in [2.24, 2.45) is 5.92 Å². The number of ether oxygens (including phenoxy) is 1. The van der Waals surface area contributed by atoms with E-state index in [0.29, 0.717) is 24.6 Å². The number of sulfonamides is 1. The number of nitrogens with zero attached hydrogens (tertiary/aromatic N) is 1. The molecule has 1 fully saturated rings. The molecule has 3 rings (SSSR count). The van der Waals surface area contributed by atoms with E-state index in [0.717, 1.165) is 35.5 Å². The lowest BCUT2D eigenvalue weighted by atomic mass is 10.0. The van der Waals surface area contributed by atoms with Crippen molar-refractivity contribution in [3.8, 4) is 5.75 Å². The van der Waals surface area contributed by atoms with E-state index in [2.05, 4.69) is 5.32 Å². The highest BCUT2D eigenvalue weighted by atomic mass is 32.2. The molecule has 0 radical (unpaired) electrons. The van der Waals surface area contributed by atoms with Crippen LogP contribution in [0, 0.1) is 12.8 Å². The number of carbonyl (C=O) groups is 1. The number of rotatable bonds is 6. The minimum absolute atomic E-state index is 0.144. The quantitative estimate of drug-likeness (QED) is 0.797. The van der Waals surface area contributed by atoms with Gasteiger partial charge in [0, 0.05) is 31.4 Å². The molecule has 2 heterocycles. The molecule has 0 saturated carbocycles. The smallest absolute Gasteiger partial charge is 0.261 e. The molecule has 146 valence electrons. The van der Waals surface area contributed by atoms with E-state index >= 15 is 0 Å². The van der Waals surface area contributed by atoms with Crippen molar-refractivity contribution in [2.45, 2.75) is 24.7 Å². The molecule has 1 aromatic heterocycles. The first-order valence-electron chi connectivity index (χ1n) is 8.91. The van der Waals surface area contributed by atoms with Gasteiger partial charge in [-0.2, -0.15) is 4.31 Å². The summed E-state index contributed by atoms with van der Waals surface area (Å²) in [4.78, 5) is 12.3. The third kappa shape index (κ3) is 4.51. The lowest BCUT2D eigenvalue weighted by molar-refractivity contribution is 0.0967. The van der Waals surface area contributed by atoms with E-state index in [1.165, 1.54) is 22.8 Å². The number of piperidine rings is 1. The van der Waals surface area contributed by atoms with Gasteiger partial charge in [0.1, 0.15) is 5.75 Å². The molecule has 27 heavy (non-hydrogen) atoms. The second-order valence-electron chi connectivity index (χ2n) is 6.67. The third-order valence-corrected chi connectivity index (χ3v) is 7.63. The van der Waals surface area contributed by atoms with E-state index in [4.69, 9.17) is 4.74 Å². The summed E-state index contributed by atoms with van der Waals surface area (Å²) < 4.78 is 33.3. The van der Waals surface area contributed by atoms with Crippen molar-refractivity contribution >= 4 is 27.3 Å². The molecule has 1 atom stereocenters. The molecule has 1 aliphatic rings. The molecular weight excluding hydrogens is 384 g/mol. The predicted octanol–water partition coefficient (Wildman–Crippen LogP) is 2.90. The molecule has 2 aromatic rings.